The van der Waals surface area contributed by atoms with Crippen LogP contribution in [0.25, 0.3) is 0 Å². The fourth-order valence-corrected chi connectivity index (χ4v) is 2.99. The molecule has 2 N–H and O–H groups in total. The van der Waals surface area contributed by atoms with Crippen molar-refractivity contribution in [3.8, 4) is 0 Å². The van der Waals surface area contributed by atoms with Crippen LogP contribution in [0.1, 0.15) is 39.0 Å². The maximum Gasteiger partial charge on any atom is 0.313 e. The lowest BCUT2D eigenvalue weighted by molar-refractivity contribution is -0.160. The van der Waals surface area contributed by atoms with E-state index in [1.807, 2.05) is 0 Å². The lowest BCUT2D eigenvalue weighted by Gasteiger charge is -2.46. The van der Waals surface area contributed by atoms with Gasteiger partial charge in [-0.25, -0.2) is 0 Å². The van der Waals surface area contributed by atoms with Gasteiger partial charge in [-0.2, -0.15) is 0 Å². The summed E-state index contributed by atoms with van der Waals surface area (Å²) in [6.45, 7) is 1.65. The average Bonchev–Trinajstić information content (AvgIpc) is 2.14. The van der Waals surface area contributed by atoms with Crippen LogP contribution in [-0.2, 0) is 9.59 Å². The third-order valence-corrected chi connectivity index (χ3v) is 4.41. The second kappa shape index (κ2) is 3.86. The molecular weight excluding hydrogens is 220 g/mol. The third-order valence-electron chi connectivity index (χ3n) is 4.41. The standard InChI is InChI=1S/C13H18O4/c1-12(10(14)15)6-3-7-13(8-12,11(16)17)9-4-2-5-9/h3,7,9H,2,4-6,8H2,1H3,(H,14,15)(H,16,17). The topological polar surface area (TPSA) is 74.6 Å². The summed E-state index contributed by atoms with van der Waals surface area (Å²) >= 11 is 0. The highest BCUT2D eigenvalue weighted by Gasteiger charge is 2.53. The van der Waals surface area contributed by atoms with Gasteiger partial charge in [-0.3, -0.25) is 9.59 Å². The zero-order chi connectivity index (χ0) is 12.7. The molecule has 4 nitrogen and oxygen atoms in total. The Bertz CT molecular complexity index is 383. The van der Waals surface area contributed by atoms with Crippen LogP contribution < -0.4 is 0 Å². The Morgan fingerprint density at radius 2 is 1.88 bits per heavy atom. The Balaban J connectivity index is 2.34. The lowest BCUT2D eigenvalue weighted by atomic mass is 9.56. The van der Waals surface area contributed by atoms with E-state index in [0.717, 1.165) is 19.3 Å². The van der Waals surface area contributed by atoms with Crippen molar-refractivity contribution < 1.29 is 19.8 Å². The van der Waals surface area contributed by atoms with Crippen molar-refractivity contribution in [2.75, 3.05) is 0 Å². The SMILES string of the molecule is CC1(C(=O)O)CC=CC(C(=O)O)(C2CCC2)C1. The van der Waals surface area contributed by atoms with Gasteiger partial charge in [0.1, 0.15) is 0 Å². The second-order valence-electron chi connectivity index (χ2n) is 5.62. The van der Waals surface area contributed by atoms with Gasteiger partial charge in [-0.15, -0.1) is 0 Å². The number of aliphatic carboxylic acids is 2. The van der Waals surface area contributed by atoms with Crippen molar-refractivity contribution in [1.29, 1.82) is 0 Å². The molecule has 2 aliphatic rings. The highest BCUT2D eigenvalue weighted by Crippen LogP contribution is 2.53. The first-order chi connectivity index (χ1) is 7.91. The van der Waals surface area contributed by atoms with Crippen molar-refractivity contribution in [1.82, 2.24) is 0 Å². The zero-order valence-electron chi connectivity index (χ0n) is 9.98. The van der Waals surface area contributed by atoms with Gasteiger partial charge in [0.2, 0.25) is 0 Å². The summed E-state index contributed by atoms with van der Waals surface area (Å²) in [5, 5.41) is 18.8. The molecule has 1 saturated carbocycles. The normalized spacial score (nSPS) is 37.5. The molecule has 0 bridgehead atoms. The Labute approximate surface area is 100 Å². The highest BCUT2D eigenvalue weighted by molar-refractivity contribution is 5.82. The van der Waals surface area contributed by atoms with Gasteiger partial charge in [0.25, 0.3) is 0 Å². The summed E-state index contributed by atoms with van der Waals surface area (Å²) in [4.78, 5) is 22.9. The molecule has 0 amide bonds. The molecule has 4 heteroatoms. The highest BCUT2D eigenvalue weighted by atomic mass is 16.4. The molecule has 0 aromatic carbocycles. The van der Waals surface area contributed by atoms with Crippen molar-refractivity contribution in [2.45, 2.75) is 39.0 Å². The number of hydrogen-bond donors (Lipinski definition) is 2. The number of carbonyl (C=O) groups is 2. The summed E-state index contributed by atoms with van der Waals surface area (Å²) in [5.41, 5.74) is -1.90. The first-order valence-electron chi connectivity index (χ1n) is 6.05. The van der Waals surface area contributed by atoms with E-state index in [2.05, 4.69) is 0 Å². The van der Waals surface area contributed by atoms with Crippen LogP contribution in [0.15, 0.2) is 12.2 Å². The molecule has 0 spiro atoms. The predicted octanol–water partition coefficient (Wildman–Crippen LogP) is 2.30. The first kappa shape index (κ1) is 12.1. The minimum absolute atomic E-state index is 0.107. The van der Waals surface area contributed by atoms with E-state index in [1.54, 1.807) is 19.1 Å². The number of rotatable bonds is 3. The van der Waals surface area contributed by atoms with Crippen molar-refractivity contribution in [3.05, 3.63) is 12.2 Å². The predicted molar refractivity (Wildman–Crippen MR) is 61.5 cm³/mol. The van der Waals surface area contributed by atoms with Crippen LogP contribution in [0.3, 0.4) is 0 Å². The van der Waals surface area contributed by atoms with Crippen molar-refractivity contribution in [3.63, 3.8) is 0 Å². The largest absolute Gasteiger partial charge is 0.481 e. The molecule has 0 aliphatic heterocycles. The van der Waals surface area contributed by atoms with Crippen LogP contribution in [-0.4, -0.2) is 22.2 Å². The Hall–Kier alpha value is -1.32. The summed E-state index contributed by atoms with van der Waals surface area (Å²) in [7, 11) is 0. The average molecular weight is 238 g/mol. The number of hydrogen-bond acceptors (Lipinski definition) is 2. The lowest BCUT2D eigenvalue weighted by Crippen LogP contribution is -2.47. The van der Waals surface area contributed by atoms with E-state index in [1.165, 1.54) is 0 Å². The van der Waals surface area contributed by atoms with Gasteiger partial charge in [0.05, 0.1) is 10.8 Å². The number of carboxylic acids is 2. The number of allylic oxidation sites excluding steroid dienone is 1. The molecule has 17 heavy (non-hydrogen) atoms. The minimum atomic E-state index is -0.955. The van der Waals surface area contributed by atoms with Gasteiger partial charge < -0.3 is 10.2 Å². The van der Waals surface area contributed by atoms with Crippen LogP contribution in [0, 0.1) is 16.7 Å². The fraction of sp³-hybridized carbons (Fsp3) is 0.692. The zero-order valence-corrected chi connectivity index (χ0v) is 9.98. The van der Waals surface area contributed by atoms with Gasteiger partial charge in [0.15, 0.2) is 0 Å². The molecule has 2 atom stereocenters. The Morgan fingerprint density at radius 3 is 2.29 bits per heavy atom. The summed E-state index contributed by atoms with van der Waals surface area (Å²) in [6.07, 6.45) is 6.96. The van der Waals surface area contributed by atoms with E-state index in [-0.39, 0.29) is 12.3 Å². The molecule has 94 valence electrons. The quantitative estimate of drug-likeness (QED) is 0.740. The van der Waals surface area contributed by atoms with Crippen LogP contribution in [0.2, 0.25) is 0 Å². The fourth-order valence-electron chi connectivity index (χ4n) is 2.99. The van der Waals surface area contributed by atoms with E-state index in [0.29, 0.717) is 6.42 Å². The van der Waals surface area contributed by atoms with Gasteiger partial charge >= 0.3 is 11.9 Å². The van der Waals surface area contributed by atoms with Crippen molar-refractivity contribution >= 4 is 11.9 Å². The summed E-state index contributed by atoms with van der Waals surface area (Å²) < 4.78 is 0. The molecule has 1 fully saturated rings. The summed E-state index contributed by atoms with van der Waals surface area (Å²) in [5.74, 6) is -1.66. The van der Waals surface area contributed by atoms with E-state index in [9.17, 15) is 19.8 Å². The Kier molecular flexibility index (Phi) is 2.76. The maximum absolute atomic E-state index is 11.6. The molecule has 0 aromatic rings. The number of carboxylic acid groups (broad SMARTS) is 2. The minimum Gasteiger partial charge on any atom is -0.481 e. The van der Waals surface area contributed by atoms with Crippen LogP contribution >= 0.6 is 0 Å². The molecule has 0 heterocycles. The maximum atomic E-state index is 11.6. The molecule has 2 aliphatic carbocycles. The molecule has 2 rings (SSSR count). The Morgan fingerprint density at radius 1 is 1.24 bits per heavy atom. The van der Waals surface area contributed by atoms with Crippen LogP contribution in [0.4, 0.5) is 0 Å². The van der Waals surface area contributed by atoms with Crippen molar-refractivity contribution in [2.24, 2.45) is 16.7 Å². The van der Waals surface area contributed by atoms with Gasteiger partial charge in [0, 0.05) is 0 Å². The third kappa shape index (κ3) is 1.75. The van der Waals surface area contributed by atoms with Crippen LogP contribution in [0.5, 0.6) is 0 Å². The molecule has 0 saturated heterocycles. The van der Waals surface area contributed by atoms with E-state index < -0.39 is 22.8 Å². The second-order valence-corrected chi connectivity index (χ2v) is 5.62. The molecule has 0 radical (unpaired) electrons. The van der Waals surface area contributed by atoms with Gasteiger partial charge in [-0.05, 0) is 38.5 Å². The first-order valence-corrected chi connectivity index (χ1v) is 6.05. The van der Waals surface area contributed by atoms with E-state index in [4.69, 9.17) is 0 Å². The smallest absolute Gasteiger partial charge is 0.313 e. The molecule has 2 unspecified atom stereocenters. The summed E-state index contributed by atoms with van der Waals surface area (Å²) in [6, 6.07) is 0. The van der Waals surface area contributed by atoms with E-state index >= 15 is 0 Å². The molecule has 0 aromatic heterocycles. The molecular formula is C13H18O4. The monoisotopic (exact) mass is 238 g/mol. The van der Waals surface area contributed by atoms with Gasteiger partial charge in [-0.1, -0.05) is 18.6 Å².